The molecule has 2 aromatic carbocycles. The van der Waals surface area contributed by atoms with Gasteiger partial charge in [-0.05, 0) is 49.2 Å². The fraction of sp³-hybridized carbons (Fsp3) is 0.222. The number of anilines is 1. The third-order valence-corrected chi connectivity index (χ3v) is 3.77. The number of rotatable bonds is 4. The fourth-order valence-corrected chi connectivity index (χ4v) is 2.21. The predicted octanol–water partition coefficient (Wildman–Crippen LogP) is 3.29. The van der Waals surface area contributed by atoms with E-state index in [9.17, 15) is 18.4 Å². The first-order valence-corrected chi connectivity index (χ1v) is 7.36. The van der Waals surface area contributed by atoms with Crippen LogP contribution in [-0.4, -0.2) is 30.3 Å². The normalized spacial score (nSPS) is 10.4. The molecular weight excluding hydrogens is 314 g/mol. The number of nitrogens with zero attached hydrogens (tertiary/aromatic N) is 1. The summed E-state index contributed by atoms with van der Waals surface area (Å²) < 4.78 is 26.1. The molecule has 126 valence electrons. The molecule has 24 heavy (non-hydrogen) atoms. The number of likely N-dealkylation sites (N-methyl/N-ethyl adjacent to an activating group) is 1. The summed E-state index contributed by atoms with van der Waals surface area (Å²) in [5, 5.41) is 2.74. The van der Waals surface area contributed by atoms with Crippen LogP contribution in [0.4, 0.5) is 14.5 Å². The first-order chi connectivity index (χ1) is 11.3. The number of nitrogens with one attached hydrogen (secondary N) is 1. The molecule has 1 N–H and O–H groups in total. The Morgan fingerprint density at radius 1 is 1.08 bits per heavy atom. The van der Waals surface area contributed by atoms with Crippen molar-refractivity contribution in [3.8, 4) is 0 Å². The molecule has 0 saturated heterocycles. The molecule has 2 aromatic rings. The highest BCUT2D eigenvalue weighted by Gasteiger charge is 2.17. The molecule has 0 radical (unpaired) electrons. The lowest BCUT2D eigenvalue weighted by Crippen LogP contribution is -2.35. The Balaban J connectivity index is 2.04. The van der Waals surface area contributed by atoms with Gasteiger partial charge in [-0.15, -0.1) is 0 Å². The van der Waals surface area contributed by atoms with E-state index in [2.05, 4.69) is 5.32 Å². The molecule has 6 heteroatoms. The third kappa shape index (κ3) is 3.95. The Labute approximate surface area is 139 Å². The van der Waals surface area contributed by atoms with Gasteiger partial charge >= 0.3 is 0 Å². The number of hydrogen-bond donors (Lipinski definition) is 1. The topological polar surface area (TPSA) is 49.4 Å². The minimum atomic E-state index is -1.10. The second-order valence-corrected chi connectivity index (χ2v) is 5.59. The minimum absolute atomic E-state index is 0.0177. The lowest BCUT2D eigenvalue weighted by molar-refractivity contribution is -0.116. The van der Waals surface area contributed by atoms with Crippen LogP contribution in [0.25, 0.3) is 0 Å². The zero-order valence-electron chi connectivity index (χ0n) is 13.7. The zero-order chi connectivity index (χ0) is 17.9. The van der Waals surface area contributed by atoms with E-state index in [0.717, 1.165) is 28.2 Å². The van der Waals surface area contributed by atoms with Crippen LogP contribution in [0.3, 0.4) is 0 Å². The van der Waals surface area contributed by atoms with Gasteiger partial charge in [0.2, 0.25) is 5.91 Å². The first kappa shape index (κ1) is 17.6. The third-order valence-electron chi connectivity index (χ3n) is 3.77. The van der Waals surface area contributed by atoms with Gasteiger partial charge in [0.05, 0.1) is 6.54 Å². The smallest absolute Gasteiger partial charge is 0.254 e. The Morgan fingerprint density at radius 2 is 1.79 bits per heavy atom. The van der Waals surface area contributed by atoms with Gasteiger partial charge in [0.25, 0.3) is 5.91 Å². The van der Waals surface area contributed by atoms with E-state index in [1.54, 1.807) is 6.07 Å². The van der Waals surface area contributed by atoms with Gasteiger partial charge in [0.1, 0.15) is 0 Å². The molecule has 0 saturated carbocycles. The molecule has 2 amide bonds. The standard InChI is InChI=1S/C18H18F2N2O2/c1-11-5-4-6-16(12(11)2)21-17(23)10-22(3)18(24)13-7-8-14(19)15(20)9-13/h4-9H,10H2,1-3H3,(H,21,23). The minimum Gasteiger partial charge on any atom is -0.332 e. The van der Waals surface area contributed by atoms with Crippen molar-refractivity contribution < 1.29 is 18.4 Å². The zero-order valence-corrected chi connectivity index (χ0v) is 13.7. The molecule has 0 spiro atoms. The molecule has 0 aliphatic heterocycles. The molecule has 0 aromatic heterocycles. The molecule has 0 atom stereocenters. The molecule has 0 heterocycles. The van der Waals surface area contributed by atoms with Crippen LogP contribution in [0, 0.1) is 25.5 Å². The summed E-state index contributed by atoms with van der Waals surface area (Å²) in [6, 6.07) is 8.42. The van der Waals surface area contributed by atoms with E-state index in [1.165, 1.54) is 13.1 Å². The number of benzene rings is 2. The fourth-order valence-electron chi connectivity index (χ4n) is 2.21. The molecule has 0 aliphatic rings. The first-order valence-electron chi connectivity index (χ1n) is 7.36. The maximum absolute atomic E-state index is 13.2. The molecule has 0 unspecified atom stereocenters. The second kappa shape index (κ2) is 7.21. The van der Waals surface area contributed by atoms with E-state index in [0.29, 0.717) is 5.69 Å². The average molecular weight is 332 g/mol. The van der Waals surface area contributed by atoms with Crippen molar-refractivity contribution in [2.45, 2.75) is 13.8 Å². The highest BCUT2D eigenvalue weighted by atomic mass is 19.2. The van der Waals surface area contributed by atoms with Gasteiger partial charge in [-0.2, -0.15) is 0 Å². The van der Waals surface area contributed by atoms with Gasteiger partial charge in [-0.1, -0.05) is 12.1 Å². The molecule has 2 rings (SSSR count). The second-order valence-electron chi connectivity index (χ2n) is 5.59. The van der Waals surface area contributed by atoms with E-state index in [1.807, 2.05) is 26.0 Å². The van der Waals surface area contributed by atoms with E-state index < -0.39 is 17.5 Å². The lowest BCUT2D eigenvalue weighted by atomic mass is 10.1. The van der Waals surface area contributed by atoms with Gasteiger partial charge < -0.3 is 10.2 Å². The molecule has 0 fully saturated rings. The number of carbonyl (C=O) groups is 2. The van der Waals surface area contributed by atoms with Crippen molar-refractivity contribution in [2.75, 3.05) is 18.9 Å². The summed E-state index contributed by atoms with van der Waals surface area (Å²) >= 11 is 0. The maximum Gasteiger partial charge on any atom is 0.254 e. The van der Waals surface area contributed by atoms with E-state index >= 15 is 0 Å². The quantitative estimate of drug-likeness (QED) is 0.934. The van der Waals surface area contributed by atoms with Crippen LogP contribution in [0.5, 0.6) is 0 Å². The predicted molar refractivity (Wildman–Crippen MR) is 87.9 cm³/mol. The Bertz CT molecular complexity index is 791. The van der Waals surface area contributed by atoms with Gasteiger partial charge in [0, 0.05) is 18.3 Å². The Morgan fingerprint density at radius 3 is 2.46 bits per heavy atom. The van der Waals surface area contributed by atoms with Crippen LogP contribution in [0.1, 0.15) is 21.5 Å². The van der Waals surface area contributed by atoms with Crippen molar-refractivity contribution in [1.82, 2.24) is 4.90 Å². The monoisotopic (exact) mass is 332 g/mol. The SMILES string of the molecule is Cc1cccc(NC(=O)CN(C)C(=O)c2ccc(F)c(F)c2)c1C. The number of hydrogen-bond acceptors (Lipinski definition) is 2. The van der Waals surface area contributed by atoms with Crippen LogP contribution >= 0.6 is 0 Å². The highest BCUT2D eigenvalue weighted by molar-refractivity contribution is 5.99. The van der Waals surface area contributed by atoms with Crippen LogP contribution in [-0.2, 0) is 4.79 Å². The van der Waals surface area contributed by atoms with Crippen molar-refractivity contribution in [2.24, 2.45) is 0 Å². The molecule has 4 nitrogen and oxygen atoms in total. The summed E-state index contributed by atoms with van der Waals surface area (Å²) in [5.74, 6) is -3.07. The number of carbonyl (C=O) groups excluding carboxylic acids is 2. The van der Waals surface area contributed by atoms with Gasteiger partial charge in [-0.3, -0.25) is 9.59 Å². The number of aryl methyl sites for hydroxylation is 1. The summed E-state index contributed by atoms with van der Waals surface area (Å²) in [6.45, 7) is 3.62. The average Bonchev–Trinajstić information content (AvgIpc) is 2.53. The molecule has 0 aliphatic carbocycles. The van der Waals surface area contributed by atoms with Crippen LogP contribution in [0.15, 0.2) is 36.4 Å². The highest BCUT2D eigenvalue weighted by Crippen LogP contribution is 2.18. The van der Waals surface area contributed by atoms with Crippen molar-refractivity contribution in [1.29, 1.82) is 0 Å². The Hall–Kier alpha value is -2.76. The summed E-state index contributed by atoms with van der Waals surface area (Å²) in [4.78, 5) is 25.4. The van der Waals surface area contributed by atoms with Crippen molar-refractivity contribution in [3.63, 3.8) is 0 Å². The van der Waals surface area contributed by atoms with Crippen molar-refractivity contribution in [3.05, 3.63) is 64.7 Å². The summed E-state index contributed by atoms with van der Waals surface area (Å²) in [6.07, 6.45) is 0. The van der Waals surface area contributed by atoms with E-state index in [4.69, 9.17) is 0 Å². The number of amides is 2. The largest absolute Gasteiger partial charge is 0.332 e. The summed E-state index contributed by atoms with van der Waals surface area (Å²) in [5.41, 5.74) is 2.64. The van der Waals surface area contributed by atoms with Gasteiger partial charge in [-0.25, -0.2) is 8.78 Å². The molecular formula is C18H18F2N2O2. The Kier molecular flexibility index (Phi) is 5.28. The summed E-state index contributed by atoms with van der Waals surface area (Å²) in [7, 11) is 1.42. The van der Waals surface area contributed by atoms with Gasteiger partial charge in [0.15, 0.2) is 11.6 Å². The van der Waals surface area contributed by atoms with Crippen molar-refractivity contribution >= 4 is 17.5 Å². The van der Waals surface area contributed by atoms with Crippen LogP contribution in [0.2, 0.25) is 0 Å². The maximum atomic E-state index is 13.2. The lowest BCUT2D eigenvalue weighted by Gasteiger charge is -2.18. The van der Waals surface area contributed by atoms with Crippen LogP contribution < -0.4 is 5.32 Å². The molecule has 0 bridgehead atoms. The van der Waals surface area contributed by atoms with E-state index in [-0.39, 0.29) is 18.0 Å². The number of halogens is 2.